The molecule has 0 aromatic rings. The molecule has 0 aromatic heterocycles. The van der Waals surface area contributed by atoms with E-state index in [9.17, 15) is 4.79 Å². The molecule has 1 unspecified atom stereocenters. The molecule has 1 amide bonds. The van der Waals surface area contributed by atoms with Crippen molar-refractivity contribution in [3.8, 4) is 0 Å². The monoisotopic (exact) mass is 240 g/mol. The van der Waals surface area contributed by atoms with E-state index in [4.69, 9.17) is 4.74 Å². The van der Waals surface area contributed by atoms with Crippen molar-refractivity contribution in [3.05, 3.63) is 0 Å². The lowest BCUT2D eigenvalue weighted by Crippen LogP contribution is -2.58. The Labute approximate surface area is 104 Å². The van der Waals surface area contributed by atoms with Crippen molar-refractivity contribution < 1.29 is 9.53 Å². The van der Waals surface area contributed by atoms with Gasteiger partial charge in [0.25, 0.3) is 0 Å². The largest absolute Gasteiger partial charge is 0.383 e. The number of nitrogens with one attached hydrogen (secondary N) is 1. The van der Waals surface area contributed by atoms with Gasteiger partial charge in [0, 0.05) is 19.7 Å². The van der Waals surface area contributed by atoms with E-state index in [-0.39, 0.29) is 11.4 Å². The molecule has 1 saturated carbocycles. The van der Waals surface area contributed by atoms with Crippen LogP contribution < -0.4 is 5.32 Å². The van der Waals surface area contributed by atoms with E-state index in [1.165, 1.54) is 6.42 Å². The Balaban J connectivity index is 1.98. The van der Waals surface area contributed by atoms with Crippen LogP contribution in [0.5, 0.6) is 0 Å². The Bertz CT molecular complexity index is 271. The number of hydrogen-bond acceptors (Lipinski definition) is 3. The Hall–Kier alpha value is -0.610. The SMILES string of the molecule is COCCN(C(=O)C1(C)CCCCN1)C1CC1. The predicted octanol–water partition coefficient (Wildman–Crippen LogP) is 1.16. The van der Waals surface area contributed by atoms with Crippen molar-refractivity contribution in [2.75, 3.05) is 26.8 Å². The molecule has 1 atom stereocenters. The molecular formula is C13H24N2O2. The first kappa shape index (κ1) is 12.8. The summed E-state index contributed by atoms with van der Waals surface area (Å²) in [6, 6.07) is 0.471. The molecule has 2 aliphatic rings. The molecule has 98 valence electrons. The number of amides is 1. The van der Waals surface area contributed by atoms with Crippen LogP contribution in [0.3, 0.4) is 0 Å². The molecule has 1 aliphatic carbocycles. The number of rotatable bonds is 5. The number of hydrogen-bond donors (Lipinski definition) is 1. The van der Waals surface area contributed by atoms with Crippen LogP contribution in [-0.2, 0) is 9.53 Å². The quantitative estimate of drug-likeness (QED) is 0.784. The number of ether oxygens (including phenoxy) is 1. The van der Waals surface area contributed by atoms with Gasteiger partial charge in [0.05, 0.1) is 12.1 Å². The summed E-state index contributed by atoms with van der Waals surface area (Å²) in [4.78, 5) is 14.6. The van der Waals surface area contributed by atoms with Gasteiger partial charge < -0.3 is 15.0 Å². The maximum Gasteiger partial charge on any atom is 0.242 e. The van der Waals surface area contributed by atoms with E-state index in [1.54, 1.807) is 7.11 Å². The molecule has 0 spiro atoms. The Morgan fingerprint density at radius 3 is 2.76 bits per heavy atom. The fraction of sp³-hybridized carbons (Fsp3) is 0.923. The van der Waals surface area contributed by atoms with Gasteiger partial charge in [-0.25, -0.2) is 0 Å². The Morgan fingerprint density at radius 1 is 1.47 bits per heavy atom. The Kier molecular flexibility index (Phi) is 4.05. The minimum Gasteiger partial charge on any atom is -0.383 e. The first-order valence-corrected chi connectivity index (χ1v) is 6.72. The predicted molar refractivity (Wildman–Crippen MR) is 66.9 cm³/mol. The maximum absolute atomic E-state index is 12.6. The van der Waals surface area contributed by atoms with Gasteiger partial charge in [0.2, 0.25) is 5.91 Å². The van der Waals surface area contributed by atoms with Crippen LogP contribution in [0.2, 0.25) is 0 Å². The highest BCUT2D eigenvalue weighted by atomic mass is 16.5. The first-order chi connectivity index (χ1) is 8.17. The minimum absolute atomic E-state index is 0.275. The van der Waals surface area contributed by atoms with E-state index >= 15 is 0 Å². The zero-order chi connectivity index (χ0) is 12.3. The third-order valence-corrected chi connectivity index (χ3v) is 3.88. The zero-order valence-electron chi connectivity index (χ0n) is 11.0. The second-order valence-electron chi connectivity index (χ2n) is 5.44. The van der Waals surface area contributed by atoms with E-state index in [2.05, 4.69) is 12.2 Å². The van der Waals surface area contributed by atoms with Gasteiger partial charge in [-0.15, -0.1) is 0 Å². The summed E-state index contributed by atoms with van der Waals surface area (Å²) in [7, 11) is 1.69. The smallest absolute Gasteiger partial charge is 0.242 e. The van der Waals surface area contributed by atoms with Gasteiger partial charge in [0.15, 0.2) is 0 Å². The summed E-state index contributed by atoms with van der Waals surface area (Å²) in [6.45, 7) is 4.39. The van der Waals surface area contributed by atoms with Crippen LogP contribution in [0, 0.1) is 0 Å². The van der Waals surface area contributed by atoms with Crippen LogP contribution in [-0.4, -0.2) is 49.2 Å². The van der Waals surface area contributed by atoms with Crippen LogP contribution in [0.25, 0.3) is 0 Å². The molecule has 1 heterocycles. The zero-order valence-corrected chi connectivity index (χ0v) is 11.0. The molecule has 0 aromatic carbocycles. The highest BCUT2D eigenvalue weighted by Crippen LogP contribution is 2.30. The van der Waals surface area contributed by atoms with Crippen molar-refractivity contribution in [2.24, 2.45) is 0 Å². The summed E-state index contributed by atoms with van der Waals surface area (Å²) >= 11 is 0. The molecule has 17 heavy (non-hydrogen) atoms. The first-order valence-electron chi connectivity index (χ1n) is 6.72. The third kappa shape index (κ3) is 2.99. The van der Waals surface area contributed by atoms with E-state index < -0.39 is 0 Å². The van der Waals surface area contributed by atoms with Crippen LogP contribution in [0.4, 0.5) is 0 Å². The average Bonchev–Trinajstić information content (AvgIpc) is 3.15. The van der Waals surface area contributed by atoms with Crippen molar-refractivity contribution in [3.63, 3.8) is 0 Å². The maximum atomic E-state index is 12.6. The molecule has 4 heteroatoms. The van der Waals surface area contributed by atoms with Crippen LogP contribution in [0.15, 0.2) is 0 Å². The van der Waals surface area contributed by atoms with E-state index in [1.807, 2.05) is 4.90 Å². The molecule has 0 bridgehead atoms. The normalized spacial score (nSPS) is 29.1. The number of nitrogens with zero attached hydrogens (tertiary/aromatic N) is 1. The topological polar surface area (TPSA) is 41.6 Å². The molecule has 2 fully saturated rings. The minimum atomic E-state index is -0.339. The van der Waals surface area contributed by atoms with Gasteiger partial charge in [-0.1, -0.05) is 0 Å². The van der Waals surface area contributed by atoms with Gasteiger partial charge in [-0.05, 0) is 45.6 Å². The number of carbonyl (C=O) groups excluding carboxylic acids is 1. The number of methoxy groups -OCH3 is 1. The lowest BCUT2D eigenvalue weighted by atomic mass is 9.89. The second kappa shape index (κ2) is 5.36. The lowest BCUT2D eigenvalue weighted by Gasteiger charge is -2.38. The second-order valence-corrected chi connectivity index (χ2v) is 5.44. The standard InChI is InChI=1S/C13H24N2O2/c1-13(7-3-4-8-14-13)12(16)15(9-10-17-2)11-5-6-11/h11,14H,3-10H2,1-2H3. The van der Waals surface area contributed by atoms with Gasteiger partial charge >= 0.3 is 0 Å². The van der Waals surface area contributed by atoms with Crippen molar-refractivity contribution in [1.29, 1.82) is 0 Å². The molecule has 2 rings (SSSR count). The van der Waals surface area contributed by atoms with Gasteiger partial charge in [-0.2, -0.15) is 0 Å². The van der Waals surface area contributed by atoms with E-state index in [0.29, 0.717) is 12.6 Å². The molecule has 0 radical (unpaired) electrons. The summed E-state index contributed by atoms with van der Waals surface area (Å²) in [5.41, 5.74) is -0.339. The van der Waals surface area contributed by atoms with Gasteiger partial charge in [0.1, 0.15) is 0 Å². The summed E-state index contributed by atoms with van der Waals surface area (Å²) in [5.74, 6) is 0.275. The lowest BCUT2D eigenvalue weighted by molar-refractivity contribution is -0.140. The highest BCUT2D eigenvalue weighted by Gasteiger charge is 2.42. The molecule has 1 aliphatic heterocycles. The summed E-state index contributed by atoms with van der Waals surface area (Å²) < 4.78 is 5.11. The van der Waals surface area contributed by atoms with Crippen molar-refractivity contribution in [2.45, 2.75) is 50.6 Å². The number of carbonyl (C=O) groups is 1. The fourth-order valence-electron chi connectivity index (χ4n) is 2.58. The van der Waals surface area contributed by atoms with Crippen molar-refractivity contribution in [1.82, 2.24) is 10.2 Å². The fourth-order valence-corrected chi connectivity index (χ4v) is 2.58. The molecule has 4 nitrogen and oxygen atoms in total. The number of piperidine rings is 1. The molecule has 1 saturated heterocycles. The van der Waals surface area contributed by atoms with Crippen molar-refractivity contribution >= 4 is 5.91 Å². The molecular weight excluding hydrogens is 216 g/mol. The highest BCUT2D eigenvalue weighted by molar-refractivity contribution is 5.86. The average molecular weight is 240 g/mol. The van der Waals surface area contributed by atoms with Crippen LogP contribution in [0.1, 0.15) is 39.0 Å². The molecule has 1 N–H and O–H groups in total. The summed E-state index contributed by atoms with van der Waals surface area (Å²) in [5, 5.41) is 3.40. The third-order valence-electron chi connectivity index (χ3n) is 3.88. The summed E-state index contributed by atoms with van der Waals surface area (Å²) in [6.07, 6.45) is 5.61. The Morgan fingerprint density at radius 2 is 2.24 bits per heavy atom. The van der Waals surface area contributed by atoms with Gasteiger partial charge in [-0.3, -0.25) is 4.79 Å². The van der Waals surface area contributed by atoms with Crippen LogP contribution >= 0.6 is 0 Å². The van der Waals surface area contributed by atoms with E-state index in [0.717, 1.165) is 38.8 Å².